The van der Waals surface area contributed by atoms with Crippen LogP contribution in [-0.2, 0) is 11.0 Å². The van der Waals surface area contributed by atoms with Crippen molar-refractivity contribution in [2.45, 2.75) is 19.0 Å². The van der Waals surface area contributed by atoms with E-state index in [2.05, 4.69) is 10.3 Å². The minimum Gasteiger partial charge on any atom is -0.355 e. The Morgan fingerprint density at radius 2 is 1.90 bits per heavy atom. The molecule has 0 spiro atoms. The lowest BCUT2D eigenvalue weighted by Crippen LogP contribution is -2.42. The van der Waals surface area contributed by atoms with Gasteiger partial charge in [0.25, 0.3) is 5.91 Å². The van der Waals surface area contributed by atoms with Gasteiger partial charge in [0, 0.05) is 33.4 Å². The predicted octanol–water partition coefficient (Wildman–Crippen LogP) is 3.66. The number of aromatic nitrogens is 1. The van der Waals surface area contributed by atoms with Crippen molar-refractivity contribution in [2.24, 2.45) is 5.92 Å². The van der Waals surface area contributed by atoms with E-state index in [0.29, 0.717) is 30.6 Å². The number of piperidine rings is 1. The molecule has 1 aromatic carbocycles. The van der Waals surface area contributed by atoms with Crippen molar-refractivity contribution in [3.8, 4) is 0 Å². The zero-order valence-corrected chi connectivity index (χ0v) is 16.7. The van der Waals surface area contributed by atoms with E-state index in [9.17, 15) is 22.8 Å². The monoisotopic (exact) mass is 420 g/mol. The number of amides is 2. The number of carbonyl (C=O) groups excluding carboxylic acids is 2. The van der Waals surface area contributed by atoms with Gasteiger partial charge in [0.05, 0.1) is 22.7 Å². The molecule has 1 fully saturated rings. The van der Waals surface area contributed by atoms with Gasteiger partial charge in [-0.1, -0.05) is 12.1 Å². The van der Waals surface area contributed by atoms with Gasteiger partial charge in [-0.2, -0.15) is 13.2 Å². The van der Waals surface area contributed by atoms with Gasteiger partial charge in [0.1, 0.15) is 5.82 Å². The highest BCUT2D eigenvalue weighted by atomic mass is 19.4. The molecule has 1 N–H and O–H groups in total. The molecular weight excluding hydrogens is 397 g/mol. The Bertz CT molecular complexity index is 930. The number of halogens is 3. The van der Waals surface area contributed by atoms with Crippen LogP contribution in [0.25, 0.3) is 0 Å². The first-order valence-electron chi connectivity index (χ1n) is 9.57. The lowest BCUT2D eigenvalue weighted by Gasteiger charge is -2.34. The number of para-hydroxylation sites is 1. The summed E-state index contributed by atoms with van der Waals surface area (Å²) in [4.78, 5) is 32.1. The number of rotatable bonds is 4. The maximum atomic E-state index is 13.4. The topological polar surface area (TPSA) is 65.5 Å². The van der Waals surface area contributed by atoms with Crippen molar-refractivity contribution in [2.75, 3.05) is 37.4 Å². The van der Waals surface area contributed by atoms with Crippen LogP contribution in [0.1, 0.15) is 28.8 Å². The van der Waals surface area contributed by atoms with Crippen LogP contribution in [-0.4, -0.2) is 48.9 Å². The zero-order valence-electron chi connectivity index (χ0n) is 16.7. The number of hydrogen-bond acceptors (Lipinski definition) is 4. The Hall–Kier alpha value is -3.10. The zero-order chi connectivity index (χ0) is 21.9. The molecule has 6 nitrogen and oxygen atoms in total. The maximum Gasteiger partial charge on any atom is 0.419 e. The van der Waals surface area contributed by atoms with Crippen molar-refractivity contribution >= 4 is 23.3 Å². The van der Waals surface area contributed by atoms with Gasteiger partial charge < -0.3 is 15.1 Å². The normalized spacial score (nSPS) is 16.8. The molecule has 160 valence electrons. The van der Waals surface area contributed by atoms with Gasteiger partial charge in [-0.25, -0.2) is 4.98 Å². The Morgan fingerprint density at radius 1 is 1.17 bits per heavy atom. The minimum absolute atomic E-state index is 0.121. The van der Waals surface area contributed by atoms with E-state index in [1.165, 1.54) is 22.1 Å². The van der Waals surface area contributed by atoms with Gasteiger partial charge in [-0.3, -0.25) is 9.59 Å². The summed E-state index contributed by atoms with van der Waals surface area (Å²) in [5, 5.41) is 2.78. The van der Waals surface area contributed by atoms with Crippen LogP contribution in [0.3, 0.4) is 0 Å². The number of benzene rings is 1. The van der Waals surface area contributed by atoms with Crippen LogP contribution in [0.5, 0.6) is 0 Å². The predicted molar refractivity (Wildman–Crippen MR) is 107 cm³/mol. The Balaban J connectivity index is 1.78. The van der Waals surface area contributed by atoms with Crippen molar-refractivity contribution < 1.29 is 22.8 Å². The summed E-state index contributed by atoms with van der Waals surface area (Å²) >= 11 is 0. The summed E-state index contributed by atoms with van der Waals surface area (Å²) in [7, 11) is 3.23. The van der Waals surface area contributed by atoms with E-state index in [-0.39, 0.29) is 24.2 Å². The lowest BCUT2D eigenvalue weighted by atomic mass is 9.96. The van der Waals surface area contributed by atoms with Gasteiger partial charge in [0.2, 0.25) is 5.91 Å². The molecule has 30 heavy (non-hydrogen) atoms. The van der Waals surface area contributed by atoms with Crippen molar-refractivity contribution in [3.05, 3.63) is 53.7 Å². The van der Waals surface area contributed by atoms with E-state index in [1.54, 1.807) is 38.4 Å². The summed E-state index contributed by atoms with van der Waals surface area (Å²) < 4.78 is 40.1. The molecule has 1 saturated heterocycles. The van der Waals surface area contributed by atoms with E-state index in [4.69, 9.17) is 0 Å². The molecule has 9 heteroatoms. The summed E-state index contributed by atoms with van der Waals surface area (Å²) in [6.45, 7) is 0.509. The lowest BCUT2D eigenvalue weighted by molar-refractivity contribution is -0.137. The average molecular weight is 420 g/mol. The molecule has 1 aliphatic heterocycles. The first-order valence-corrected chi connectivity index (χ1v) is 9.57. The number of carbonyl (C=O) groups is 2. The van der Waals surface area contributed by atoms with E-state index < -0.39 is 17.7 Å². The second-order valence-corrected chi connectivity index (χ2v) is 7.39. The summed E-state index contributed by atoms with van der Waals surface area (Å²) in [5.74, 6) is -1.27. The molecule has 0 bridgehead atoms. The third-order valence-corrected chi connectivity index (χ3v) is 5.01. The van der Waals surface area contributed by atoms with Crippen LogP contribution in [0.4, 0.5) is 24.7 Å². The largest absolute Gasteiger partial charge is 0.419 e. The maximum absolute atomic E-state index is 13.4. The first kappa shape index (κ1) is 21.6. The van der Waals surface area contributed by atoms with E-state index in [1.807, 2.05) is 0 Å². The summed E-state index contributed by atoms with van der Waals surface area (Å²) in [5.41, 5.74) is -0.0762. The number of nitrogens with zero attached hydrogens (tertiary/aromatic N) is 3. The molecule has 0 radical (unpaired) electrons. The molecule has 1 aliphatic rings. The molecule has 2 amide bonds. The molecular formula is C21H23F3N4O2. The van der Waals surface area contributed by atoms with Crippen LogP contribution >= 0.6 is 0 Å². The molecule has 3 rings (SSSR count). The van der Waals surface area contributed by atoms with Crippen LogP contribution in [0.2, 0.25) is 0 Å². The van der Waals surface area contributed by atoms with E-state index >= 15 is 0 Å². The SMILES string of the molecule is CN(C)C(=O)c1ccccc1NC(=O)C1CCCN(c2ncccc2C(F)(F)F)C1. The second kappa shape index (κ2) is 8.73. The van der Waals surface area contributed by atoms with E-state index in [0.717, 1.165) is 6.07 Å². The second-order valence-electron chi connectivity index (χ2n) is 7.39. The molecule has 0 saturated carbocycles. The fourth-order valence-electron chi connectivity index (χ4n) is 3.51. The molecule has 0 aliphatic carbocycles. The molecule has 1 atom stereocenters. The molecule has 1 unspecified atom stereocenters. The van der Waals surface area contributed by atoms with Gasteiger partial charge in [-0.05, 0) is 37.1 Å². The quantitative estimate of drug-likeness (QED) is 0.820. The van der Waals surface area contributed by atoms with Crippen LogP contribution in [0.15, 0.2) is 42.6 Å². The fourth-order valence-corrected chi connectivity index (χ4v) is 3.51. The smallest absolute Gasteiger partial charge is 0.355 e. The standard InChI is InChI=1S/C21H23F3N4O2/c1-27(2)20(30)15-8-3-4-10-17(15)26-19(29)14-7-6-12-28(13-14)18-16(21(22,23)24)9-5-11-25-18/h3-5,8-11,14H,6-7,12-13H2,1-2H3,(H,26,29). The Labute approximate surface area is 172 Å². The van der Waals surface area contributed by atoms with Crippen molar-refractivity contribution in [1.82, 2.24) is 9.88 Å². The molecule has 1 aromatic heterocycles. The number of nitrogens with one attached hydrogen (secondary N) is 1. The minimum atomic E-state index is -4.52. The third kappa shape index (κ3) is 4.72. The Morgan fingerprint density at radius 3 is 2.60 bits per heavy atom. The van der Waals surface area contributed by atoms with Gasteiger partial charge >= 0.3 is 6.18 Å². The fraction of sp³-hybridized carbons (Fsp3) is 0.381. The highest BCUT2D eigenvalue weighted by molar-refractivity contribution is 6.04. The average Bonchev–Trinajstić information content (AvgIpc) is 2.73. The number of pyridine rings is 1. The highest BCUT2D eigenvalue weighted by Gasteiger charge is 2.37. The van der Waals surface area contributed by atoms with Crippen LogP contribution in [0, 0.1) is 5.92 Å². The number of hydrogen-bond donors (Lipinski definition) is 1. The number of anilines is 2. The first-order chi connectivity index (χ1) is 14.2. The van der Waals surface area contributed by atoms with Gasteiger partial charge in [0.15, 0.2) is 0 Å². The molecule has 2 heterocycles. The van der Waals surface area contributed by atoms with Crippen molar-refractivity contribution in [1.29, 1.82) is 0 Å². The number of alkyl halides is 3. The van der Waals surface area contributed by atoms with Crippen LogP contribution < -0.4 is 10.2 Å². The molecule has 2 aromatic rings. The highest BCUT2D eigenvalue weighted by Crippen LogP contribution is 2.36. The summed E-state index contributed by atoms with van der Waals surface area (Å²) in [6.07, 6.45) is -2.10. The third-order valence-electron chi connectivity index (χ3n) is 5.01. The Kier molecular flexibility index (Phi) is 6.28. The van der Waals surface area contributed by atoms with Gasteiger partial charge in [-0.15, -0.1) is 0 Å². The summed E-state index contributed by atoms with van der Waals surface area (Å²) in [6, 6.07) is 8.91. The van der Waals surface area contributed by atoms with Crippen molar-refractivity contribution in [3.63, 3.8) is 0 Å².